The zero-order chi connectivity index (χ0) is 13.4. The molecule has 4 heteroatoms. The van der Waals surface area contributed by atoms with Crippen LogP contribution in [0.3, 0.4) is 0 Å². The van der Waals surface area contributed by atoms with Crippen LogP contribution in [0.15, 0.2) is 36.9 Å². The van der Waals surface area contributed by atoms with E-state index in [-0.39, 0.29) is 25.0 Å². The third-order valence-electron chi connectivity index (χ3n) is 2.34. The molecule has 18 heavy (non-hydrogen) atoms. The zero-order valence-electron chi connectivity index (χ0n) is 10.4. The van der Waals surface area contributed by atoms with Crippen LogP contribution < -0.4 is 0 Å². The minimum atomic E-state index is -0.403. The monoisotopic (exact) mass is 252 g/mol. The summed E-state index contributed by atoms with van der Waals surface area (Å²) in [6.07, 6.45) is 1.77. The number of hydrogen-bond acceptors (Lipinski definition) is 3. The molecule has 0 spiro atoms. The molecule has 1 atom stereocenters. The Kier molecular flexibility index (Phi) is 6.08. The number of hydrogen-bond donors (Lipinski definition) is 0. The topological polar surface area (TPSA) is 35.5 Å². The maximum absolute atomic E-state index is 13.6. The molecule has 0 aromatic heterocycles. The standard InChI is InChI=1S/C14H17FO3/c1-3-6-14(18-10-9-17-11(2)16)12-7-4-5-8-13(12)15/h3-5,7-8,14H,1,6,9-10H2,2H3. The lowest BCUT2D eigenvalue weighted by Gasteiger charge is -2.17. The van der Waals surface area contributed by atoms with E-state index in [1.54, 1.807) is 24.3 Å². The van der Waals surface area contributed by atoms with Crippen LogP contribution in [-0.4, -0.2) is 19.2 Å². The highest BCUT2D eigenvalue weighted by Gasteiger charge is 2.14. The second kappa shape index (κ2) is 7.61. The lowest BCUT2D eigenvalue weighted by atomic mass is 10.1. The van der Waals surface area contributed by atoms with Gasteiger partial charge >= 0.3 is 5.97 Å². The van der Waals surface area contributed by atoms with E-state index in [9.17, 15) is 9.18 Å². The molecule has 0 fully saturated rings. The molecule has 0 saturated carbocycles. The Balaban J connectivity index is 2.57. The maximum atomic E-state index is 13.6. The normalized spacial score (nSPS) is 11.9. The molecule has 1 aromatic carbocycles. The van der Waals surface area contributed by atoms with Crippen LogP contribution in [0.4, 0.5) is 4.39 Å². The van der Waals surface area contributed by atoms with E-state index < -0.39 is 6.10 Å². The predicted molar refractivity (Wildman–Crippen MR) is 66.5 cm³/mol. The summed E-state index contributed by atoms with van der Waals surface area (Å²) < 4.78 is 23.9. The van der Waals surface area contributed by atoms with Crippen molar-refractivity contribution in [2.24, 2.45) is 0 Å². The number of carbonyl (C=O) groups is 1. The summed E-state index contributed by atoms with van der Waals surface area (Å²) in [7, 11) is 0. The van der Waals surface area contributed by atoms with Crippen molar-refractivity contribution in [1.29, 1.82) is 0 Å². The van der Waals surface area contributed by atoms with Gasteiger partial charge in [0.25, 0.3) is 0 Å². The fourth-order valence-corrected chi connectivity index (χ4v) is 1.55. The van der Waals surface area contributed by atoms with Crippen molar-refractivity contribution in [2.45, 2.75) is 19.4 Å². The van der Waals surface area contributed by atoms with Crippen LogP contribution in [0.2, 0.25) is 0 Å². The van der Waals surface area contributed by atoms with Crippen molar-refractivity contribution in [2.75, 3.05) is 13.2 Å². The Labute approximate surface area is 106 Å². The smallest absolute Gasteiger partial charge is 0.302 e. The van der Waals surface area contributed by atoms with Crippen molar-refractivity contribution >= 4 is 5.97 Å². The lowest BCUT2D eigenvalue weighted by Crippen LogP contribution is -2.12. The van der Waals surface area contributed by atoms with E-state index in [0.29, 0.717) is 12.0 Å². The van der Waals surface area contributed by atoms with Gasteiger partial charge in [-0.25, -0.2) is 4.39 Å². The van der Waals surface area contributed by atoms with Gasteiger partial charge in [0.15, 0.2) is 0 Å². The molecule has 0 saturated heterocycles. The number of benzene rings is 1. The molecular weight excluding hydrogens is 235 g/mol. The van der Waals surface area contributed by atoms with Gasteiger partial charge in [0.1, 0.15) is 12.4 Å². The van der Waals surface area contributed by atoms with Crippen molar-refractivity contribution in [3.8, 4) is 0 Å². The molecule has 1 unspecified atom stereocenters. The van der Waals surface area contributed by atoms with Gasteiger partial charge in [0.2, 0.25) is 0 Å². The van der Waals surface area contributed by atoms with E-state index in [1.165, 1.54) is 13.0 Å². The minimum absolute atomic E-state index is 0.164. The van der Waals surface area contributed by atoms with Gasteiger partial charge in [-0.1, -0.05) is 24.3 Å². The summed E-state index contributed by atoms with van der Waals surface area (Å²) in [5, 5.41) is 0. The summed E-state index contributed by atoms with van der Waals surface area (Å²) in [6, 6.07) is 6.45. The average Bonchev–Trinajstić information content (AvgIpc) is 2.34. The van der Waals surface area contributed by atoms with Gasteiger partial charge in [-0.2, -0.15) is 0 Å². The summed E-state index contributed by atoms with van der Waals surface area (Å²) in [5.41, 5.74) is 0.486. The number of ether oxygens (including phenoxy) is 2. The molecule has 0 aliphatic carbocycles. The van der Waals surface area contributed by atoms with E-state index >= 15 is 0 Å². The molecule has 0 aliphatic rings. The number of rotatable bonds is 7. The Morgan fingerprint density at radius 3 is 2.78 bits per heavy atom. The first-order chi connectivity index (χ1) is 8.65. The fraction of sp³-hybridized carbons (Fsp3) is 0.357. The largest absolute Gasteiger partial charge is 0.463 e. The third-order valence-corrected chi connectivity index (χ3v) is 2.34. The van der Waals surface area contributed by atoms with Crippen molar-refractivity contribution in [3.05, 3.63) is 48.3 Å². The zero-order valence-corrected chi connectivity index (χ0v) is 10.4. The first kappa shape index (κ1) is 14.4. The van der Waals surface area contributed by atoms with Gasteiger partial charge in [0.05, 0.1) is 12.7 Å². The summed E-state index contributed by atoms with van der Waals surface area (Å²) in [4.78, 5) is 10.6. The predicted octanol–water partition coefficient (Wildman–Crippen LogP) is 3.02. The number of halogens is 1. The van der Waals surface area contributed by atoms with Crippen LogP contribution in [0.5, 0.6) is 0 Å². The molecular formula is C14H17FO3. The minimum Gasteiger partial charge on any atom is -0.463 e. The summed E-state index contributed by atoms with van der Waals surface area (Å²) >= 11 is 0. The van der Waals surface area contributed by atoms with Crippen molar-refractivity contribution < 1.29 is 18.7 Å². The van der Waals surface area contributed by atoms with E-state index in [0.717, 1.165) is 0 Å². The average molecular weight is 252 g/mol. The van der Waals surface area contributed by atoms with E-state index in [1.807, 2.05) is 0 Å². The van der Waals surface area contributed by atoms with Crippen molar-refractivity contribution in [3.63, 3.8) is 0 Å². The fourth-order valence-electron chi connectivity index (χ4n) is 1.55. The quantitative estimate of drug-likeness (QED) is 0.425. The molecule has 98 valence electrons. The molecule has 0 N–H and O–H groups in total. The highest BCUT2D eigenvalue weighted by atomic mass is 19.1. The van der Waals surface area contributed by atoms with Gasteiger partial charge in [0, 0.05) is 12.5 Å². The molecule has 0 amide bonds. The molecule has 0 aliphatic heterocycles. The van der Waals surface area contributed by atoms with Gasteiger partial charge in [-0.15, -0.1) is 6.58 Å². The molecule has 3 nitrogen and oxygen atoms in total. The maximum Gasteiger partial charge on any atom is 0.302 e. The van der Waals surface area contributed by atoms with Gasteiger partial charge in [-0.05, 0) is 12.5 Å². The van der Waals surface area contributed by atoms with Crippen LogP contribution in [-0.2, 0) is 14.3 Å². The molecule has 1 rings (SSSR count). The first-order valence-electron chi connectivity index (χ1n) is 5.75. The highest BCUT2D eigenvalue weighted by Crippen LogP contribution is 2.23. The van der Waals surface area contributed by atoms with E-state index in [4.69, 9.17) is 9.47 Å². The van der Waals surface area contributed by atoms with Crippen LogP contribution in [0, 0.1) is 5.82 Å². The second-order valence-corrected chi connectivity index (χ2v) is 3.75. The second-order valence-electron chi connectivity index (χ2n) is 3.75. The molecule has 0 heterocycles. The molecule has 0 radical (unpaired) electrons. The summed E-state index contributed by atoms with van der Waals surface area (Å²) in [5.74, 6) is -0.665. The number of carbonyl (C=O) groups excluding carboxylic acids is 1. The third kappa shape index (κ3) is 4.67. The number of esters is 1. The van der Waals surface area contributed by atoms with Crippen LogP contribution in [0.25, 0.3) is 0 Å². The van der Waals surface area contributed by atoms with Crippen LogP contribution in [0.1, 0.15) is 25.0 Å². The highest BCUT2D eigenvalue weighted by molar-refractivity contribution is 5.65. The lowest BCUT2D eigenvalue weighted by molar-refractivity contribution is -0.143. The Hall–Kier alpha value is -1.68. The van der Waals surface area contributed by atoms with Crippen molar-refractivity contribution in [1.82, 2.24) is 0 Å². The van der Waals surface area contributed by atoms with Gasteiger partial charge in [-0.3, -0.25) is 4.79 Å². The Morgan fingerprint density at radius 2 is 2.17 bits per heavy atom. The Morgan fingerprint density at radius 1 is 1.44 bits per heavy atom. The van der Waals surface area contributed by atoms with Gasteiger partial charge < -0.3 is 9.47 Å². The summed E-state index contributed by atoms with van der Waals surface area (Å²) in [6.45, 7) is 5.35. The van der Waals surface area contributed by atoms with Crippen LogP contribution >= 0.6 is 0 Å². The molecule has 1 aromatic rings. The first-order valence-corrected chi connectivity index (χ1v) is 5.75. The van der Waals surface area contributed by atoms with E-state index in [2.05, 4.69) is 6.58 Å². The SMILES string of the molecule is C=CCC(OCCOC(C)=O)c1ccccc1F. The molecule has 0 bridgehead atoms. The Bertz CT molecular complexity index is 404.